The predicted octanol–water partition coefficient (Wildman–Crippen LogP) is 5.25. The van der Waals surface area contributed by atoms with E-state index in [1.165, 1.54) is 0 Å². The minimum atomic E-state index is -1.10. The molecule has 51 heavy (non-hydrogen) atoms. The van der Waals surface area contributed by atoms with Crippen LogP contribution >= 0.6 is 0 Å². The molecular weight excluding hydrogens is 650 g/mol. The van der Waals surface area contributed by atoms with Gasteiger partial charge in [0.05, 0.1) is 16.8 Å². The van der Waals surface area contributed by atoms with Gasteiger partial charge in [-0.15, -0.1) is 0 Å². The molecule has 3 N–H and O–H groups in total. The lowest BCUT2D eigenvalue weighted by Crippen LogP contribution is -2.54. The molecule has 12 nitrogen and oxygen atoms in total. The zero-order valence-corrected chi connectivity index (χ0v) is 28.8. The highest BCUT2D eigenvalue weighted by atomic mass is 16.5. The predicted molar refractivity (Wildman–Crippen MR) is 187 cm³/mol. The molecule has 3 aromatic carbocycles. The van der Waals surface area contributed by atoms with Gasteiger partial charge in [0.2, 0.25) is 11.8 Å². The molecule has 3 aliphatic rings. The summed E-state index contributed by atoms with van der Waals surface area (Å²) in [6.45, 7) is 7.64. The number of aromatic nitrogens is 2. The topological polar surface area (TPSA) is 160 Å². The second-order valence-corrected chi connectivity index (χ2v) is 14.3. The molecule has 1 saturated heterocycles. The Morgan fingerprint density at radius 3 is 2.14 bits per heavy atom. The first-order valence-corrected chi connectivity index (χ1v) is 17.0. The van der Waals surface area contributed by atoms with Crippen molar-refractivity contribution in [1.82, 2.24) is 20.2 Å². The summed E-state index contributed by atoms with van der Waals surface area (Å²) in [6, 6.07) is 21.9. The Bertz CT molecular complexity index is 2020. The van der Waals surface area contributed by atoms with E-state index in [1.54, 1.807) is 44.3 Å². The summed E-state index contributed by atoms with van der Waals surface area (Å²) in [5, 5.41) is 15.9. The minimum absolute atomic E-state index is 0.0303. The normalized spacial score (nSPS) is 20.4. The summed E-state index contributed by atoms with van der Waals surface area (Å²) >= 11 is 0. The van der Waals surface area contributed by atoms with Crippen LogP contribution < -0.4 is 20.1 Å². The van der Waals surface area contributed by atoms with Crippen molar-refractivity contribution in [2.75, 3.05) is 5.32 Å². The molecule has 1 atom stereocenters. The maximum atomic E-state index is 13.2. The average Bonchev–Trinajstić information content (AvgIpc) is 3.32. The molecule has 7 rings (SSSR count). The summed E-state index contributed by atoms with van der Waals surface area (Å²) in [5.74, 6) is -0.704. The number of aliphatic hydroxyl groups is 1. The summed E-state index contributed by atoms with van der Waals surface area (Å²) in [5.41, 5.74) is 2.52. The first-order chi connectivity index (χ1) is 24.3. The van der Waals surface area contributed by atoms with E-state index in [0.717, 1.165) is 34.6 Å². The van der Waals surface area contributed by atoms with E-state index in [0.29, 0.717) is 17.1 Å². The van der Waals surface area contributed by atoms with Crippen LogP contribution in [0.4, 0.5) is 5.69 Å². The zero-order valence-electron chi connectivity index (χ0n) is 28.8. The first kappa shape index (κ1) is 33.9. The van der Waals surface area contributed by atoms with E-state index in [2.05, 4.69) is 46.6 Å². The standard InChI is InChI=1S/C39H39N5O7/c1-38(2,23-7-12-27(13-8-23)51-37-40-18-17-32(42-37)39(3,4)49)22-5-10-26(11-6-22)50-28-19-25(20-28)41-24-9-14-29-30(21-24)36(48)44(35(29)47)31-15-16-33(45)43-34(31)46/h5-14,17-18,21,25,28,31,41,49H,15-16,19-20H2,1-4H3,(H,43,45,46)/t25-,28-,31?. The van der Waals surface area contributed by atoms with E-state index in [9.17, 15) is 24.3 Å². The molecule has 1 aliphatic carbocycles. The van der Waals surface area contributed by atoms with Gasteiger partial charge < -0.3 is 19.9 Å². The van der Waals surface area contributed by atoms with Crippen molar-refractivity contribution < 1.29 is 33.8 Å². The van der Waals surface area contributed by atoms with Crippen molar-refractivity contribution in [3.8, 4) is 17.5 Å². The molecular formula is C39H39N5O7. The van der Waals surface area contributed by atoms with Crippen molar-refractivity contribution >= 4 is 29.3 Å². The van der Waals surface area contributed by atoms with Crippen LogP contribution in [0.2, 0.25) is 0 Å². The SMILES string of the molecule is CC(C)(O)c1ccnc(Oc2ccc(C(C)(C)c3ccc(O[C@H]4C[C@H](Nc5ccc6c(c5)C(=O)N(C5CCC(=O)NC5=O)C6=O)C4)cc3)cc2)n1. The molecule has 262 valence electrons. The largest absolute Gasteiger partial charge is 0.490 e. The maximum Gasteiger partial charge on any atom is 0.322 e. The van der Waals surface area contributed by atoms with Gasteiger partial charge in [0, 0.05) is 42.6 Å². The number of carbonyl (C=O) groups excluding carboxylic acids is 4. The summed E-state index contributed by atoms with van der Waals surface area (Å²) in [7, 11) is 0. The minimum Gasteiger partial charge on any atom is -0.490 e. The Kier molecular flexibility index (Phi) is 8.58. The smallest absolute Gasteiger partial charge is 0.322 e. The fourth-order valence-corrected chi connectivity index (χ4v) is 6.66. The van der Waals surface area contributed by atoms with Crippen molar-refractivity contribution in [3.05, 3.63) is 107 Å². The third kappa shape index (κ3) is 6.79. The zero-order chi connectivity index (χ0) is 36.1. The number of fused-ring (bicyclic) bond motifs is 1. The molecule has 1 saturated carbocycles. The van der Waals surface area contributed by atoms with Crippen LogP contribution in [0.25, 0.3) is 0 Å². The first-order valence-electron chi connectivity index (χ1n) is 17.0. The van der Waals surface area contributed by atoms with Gasteiger partial charge >= 0.3 is 6.01 Å². The number of piperidine rings is 1. The summed E-state index contributed by atoms with van der Waals surface area (Å²) in [4.78, 5) is 59.5. The molecule has 4 amide bonds. The molecule has 0 bridgehead atoms. The number of nitrogens with one attached hydrogen (secondary N) is 2. The number of carbonyl (C=O) groups is 4. The van der Waals surface area contributed by atoms with E-state index in [-0.39, 0.29) is 47.5 Å². The van der Waals surface area contributed by atoms with Gasteiger partial charge in [0.1, 0.15) is 29.2 Å². The number of anilines is 1. The van der Waals surface area contributed by atoms with E-state index < -0.39 is 35.3 Å². The van der Waals surface area contributed by atoms with Crippen molar-refractivity contribution in [2.24, 2.45) is 0 Å². The highest BCUT2D eigenvalue weighted by Gasteiger charge is 2.45. The van der Waals surface area contributed by atoms with Crippen LogP contribution in [0.3, 0.4) is 0 Å². The molecule has 3 heterocycles. The Morgan fingerprint density at radius 1 is 0.843 bits per heavy atom. The number of imide groups is 2. The van der Waals surface area contributed by atoms with Crippen LogP contribution in [-0.4, -0.2) is 61.8 Å². The van der Waals surface area contributed by atoms with Crippen LogP contribution in [0, 0.1) is 0 Å². The van der Waals surface area contributed by atoms with Crippen LogP contribution in [0.5, 0.6) is 17.5 Å². The molecule has 0 spiro atoms. The molecule has 12 heteroatoms. The number of hydrogen-bond donors (Lipinski definition) is 3. The lowest BCUT2D eigenvalue weighted by atomic mass is 9.78. The van der Waals surface area contributed by atoms with Crippen molar-refractivity contribution in [2.45, 2.75) is 82.6 Å². The highest BCUT2D eigenvalue weighted by molar-refractivity contribution is 6.23. The third-order valence-corrected chi connectivity index (χ3v) is 9.83. The fourth-order valence-electron chi connectivity index (χ4n) is 6.66. The van der Waals surface area contributed by atoms with Gasteiger partial charge in [-0.3, -0.25) is 29.4 Å². The molecule has 4 aromatic rings. The van der Waals surface area contributed by atoms with Crippen molar-refractivity contribution in [3.63, 3.8) is 0 Å². The number of amides is 4. The number of hydrogen-bond acceptors (Lipinski definition) is 10. The van der Waals surface area contributed by atoms with E-state index in [1.807, 2.05) is 36.4 Å². The maximum absolute atomic E-state index is 13.2. The molecule has 0 radical (unpaired) electrons. The Hall–Kier alpha value is -5.62. The molecule has 2 aliphatic heterocycles. The third-order valence-electron chi connectivity index (χ3n) is 9.83. The number of benzene rings is 3. The lowest BCUT2D eigenvalue weighted by molar-refractivity contribution is -0.136. The number of rotatable bonds is 10. The quantitative estimate of drug-likeness (QED) is 0.188. The van der Waals surface area contributed by atoms with Gasteiger partial charge in [0.15, 0.2) is 0 Å². The van der Waals surface area contributed by atoms with Crippen LogP contribution in [-0.2, 0) is 20.6 Å². The lowest BCUT2D eigenvalue weighted by Gasteiger charge is -2.36. The van der Waals surface area contributed by atoms with Gasteiger partial charge in [-0.05, 0) is 79.9 Å². The summed E-state index contributed by atoms with van der Waals surface area (Å²) < 4.78 is 12.1. The van der Waals surface area contributed by atoms with Gasteiger partial charge in [-0.2, -0.15) is 4.98 Å². The number of ether oxygens (including phenoxy) is 2. The van der Waals surface area contributed by atoms with Crippen molar-refractivity contribution in [1.29, 1.82) is 0 Å². The second kappa shape index (κ2) is 12.9. The fraction of sp³-hybridized carbons (Fsp3) is 0.333. The summed E-state index contributed by atoms with van der Waals surface area (Å²) in [6.07, 6.45) is 3.32. The van der Waals surface area contributed by atoms with E-state index >= 15 is 0 Å². The Labute approximate surface area is 295 Å². The second-order valence-electron chi connectivity index (χ2n) is 14.3. The van der Waals surface area contributed by atoms with Gasteiger partial charge in [-0.1, -0.05) is 38.1 Å². The van der Waals surface area contributed by atoms with Gasteiger partial charge in [0.25, 0.3) is 11.8 Å². The molecule has 2 fully saturated rings. The molecule has 1 aromatic heterocycles. The van der Waals surface area contributed by atoms with E-state index in [4.69, 9.17) is 9.47 Å². The number of nitrogens with zero attached hydrogens (tertiary/aromatic N) is 3. The monoisotopic (exact) mass is 689 g/mol. The highest BCUT2D eigenvalue weighted by Crippen LogP contribution is 2.36. The van der Waals surface area contributed by atoms with Gasteiger partial charge in [-0.25, -0.2) is 4.98 Å². The Balaban J connectivity index is 0.916. The Morgan fingerprint density at radius 2 is 1.49 bits per heavy atom. The van der Waals surface area contributed by atoms with Crippen LogP contribution in [0.1, 0.15) is 90.9 Å². The van der Waals surface area contributed by atoms with Crippen LogP contribution in [0.15, 0.2) is 79.0 Å². The average molecular weight is 690 g/mol. The molecule has 1 unspecified atom stereocenters.